The lowest BCUT2D eigenvalue weighted by Crippen LogP contribution is -2.36. The number of hydrogen-bond acceptors (Lipinski definition) is 3. The highest BCUT2D eigenvalue weighted by Crippen LogP contribution is 2.31. The van der Waals surface area contributed by atoms with Crippen molar-refractivity contribution in [2.75, 3.05) is 23.9 Å². The molecule has 0 fully saturated rings. The van der Waals surface area contributed by atoms with Crippen LogP contribution in [0.4, 0.5) is 11.4 Å². The topological polar surface area (TPSA) is 58.6 Å². The van der Waals surface area contributed by atoms with Gasteiger partial charge >= 0.3 is 0 Å². The average Bonchev–Trinajstić information content (AvgIpc) is 2.55. The molecule has 0 unspecified atom stereocenters. The van der Waals surface area contributed by atoms with E-state index in [1.807, 2.05) is 32.0 Å². The van der Waals surface area contributed by atoms with E-state index in [1.54, 1.807) is 18.2 Å². The van der Waals surface area contributed by atoms with Gasteiger partial charge in [0.1, 0.15) is 12.3 Å². The third-order valence-corrected chi connectivity index (χ3v) is 4.16. The number of anilines is 2. The predicted octanol–water partition coefficient (Wildman–Crippen LogP) is 3.96. The highest BCUT2D eigenvalue weighted by Gasteiger charge is 2.17. The summed E-state index contributed by atoms with van der Waals surface area (Å²) in [5, 5.41) is 3.34. The van der Waals surface area contributed by atoms with Gasteiger partial charge in [0.05, 0.1) is 12.8 Å². The minimum atomic E-state index is -0.322. The highest BCUT2D eigenvalue weighted by molar-refractivity contribution is 6.31. The smallest absolute Gasteiger partial charge is 0.244 e. The van der Waals surface area contributed by atoms with Crippen LogP contribution in [-0.2, 0) is 9.59 Å². The summed E-state index contributed by atoms with van der Waals surface area (Å²) in [6.07, 6.45) is 0. The molecule has 25 heavy (non-hydrogen) atoms. The number of halogens is 1. The summed E-state index contributed by atoms with van der Waals surface area (Å²) in [4.78, 5) is 25.9. The van der Waals surface area contributed by atoms with Crippen molar-refractivity contribution in [3.05, 3.63) is 52.5 Å². The molecule has 0 aliphatic carbocycles. The quantitative estimate of drug-likeness (QED) is 0.878. The molecule has 0 aliphatic rings. The molecule has 132 valence electrons. The molecule has 0 atom stereocenters. The number of amides is 2. The van der Waals surface area contributed by atoms with Gasteiger partial charge in [0.15, 0.2) is 0 Å². The van der Waals surface area contributed by atoms with E-state index < -0.39 is 0 Å². The van der Waals surface area contributed by atoms with Crippen LogP contribution in [0.25, 0.3) is 0 Å². The maximum absolute atomic E-state index is 12.5. The molecule has 0 radical (unpaired) electrons. The zero-order valence-corrected chi connectivity index (χ0v) is 15.5. The predicted molar refractivity (Wildman–Crippen MR) is 101 cm³/mol. The summed E-state index contributed by atoms with van der Waals surface area (Å²) in [7, 11) is 1.51. The Morgan fingerprint density at radius 1 is 1.20 bits per heavy atom. The van der Waals surface area contributed by atoms with Crippen LogP contribution in [0.2, 0.25) is 5.02 Å². The lowest BCUT2D eigenvalue weighted by molar-refractivity contribution is -0.120. The first-order valence-corrected chi connectivity index (χ1v) is 8.18. The normalized spacial score (nSPS) is 10.3. The Bertz CT molecular complexity index is 805. The van der Waals surface area contributed by atoms with Crippen LogP contribution in [0.1, 0.15) is 18.1 Å². The molecule has 2 amide bonds. The standard InChI is InChI=1S/C19H21ClN2O3/c1-12-6-5-7-15(8-12)22(14(3)23)11-19(24)21-17-9-13(2)16(20)10-18(17)25-4/h5-10H,11H2,1-4H3,(H,21,24). The Morgan fingerprint density at radius 2 is 1.92 bits per heavy atom. The van der Waals surface area contributed by atoms with Gasteiger partial charge in [0.2, 0.25) is 11.8 Å². The van der Waals surface area contributed by atoms with Crippen molar-refractivity contribution in [1.29, 1.82) is 0 Å². The van der Waals surface area contributed by atoms with Crippen molar-refractivity contribution in [2.45, 2.75) is 20.8 Å². The second kappa shape index (κ2) is 8.03. The second-order valence-electron chi connectivity index (χ2n) is 5.79. The lowest BCUT2D eigenvalue weighted by atomic mass is 10.2. The molecule has 0 saturated carbocycles. The molecular formula is C19H21ClN2O3. The highest BCUT2D eigenvalue weighted by atomic mass is 35.5. The molecule has 2 rings (SSSR count). The first-order valence-electron chi connectivity index (χ1n) is 7.80. The van der Waals surface area contributed by atoms with Crippen LogP contribution in [0.5, 0.6) is 5.75 Å². The Labute approximate surface area is 152 Å². The molecule has 0 aliphatic heterocycles. The fourth-order valence-electron chi connectivity index (χ4n) is 2.44. The van der Waals surface area contributed by atoms with Crippen LogP contribution < -0.4 is 15.0 Å². The minimum absolute atomic E-state index is 0.0936. The third kappa shape index (κ3) is 4.73. The van der Waals surface area contributed by atoms with Crippen LogP contribution >= 0.6 is 11.6 Å². The van der Waals surface area contributed by atoms with E-state index in [2.05, 4.69) is 5.32 Å². The number of aryl methyl sites for hydroxylation is 2. The molecule has 0 aromatic heterocycles. The van der Waals surface area contributed by atoms with Gasteiger partial charge in [-0.2, -0.15) is 0 Å². The fraction of sp³-hybridized carbons (Fsp3) is 0.263. The summed E-state index contributed by atoms with van der Waals surface area (Å²) >= 11 is 6.08. The van der Waals surface area contributed by atoms with Crippen molar-refractivity contribution in [3.63, 3.8) is 0 Å². The largest absolute Gasteiger partial charge is 0.495 e. The van der Waals surface area contributed by atoms with Gasteiger partial charge in [0, 0.05) is 23.7 Å². The second-order valence-corrected chi connectivity index (χ2v) is 6.20. The summed E-state index contributed by atoms with van der Waals surface area (Å²) in [6.45, 7) is 5.11. The number of ether oxygens (including phenoxy) is 1. The van der Waals surface area contributed by atoms with Crippen LogP contribution in [0, 0.1) is 13.8 Å². The number of methoxy groups -OCH3 is 1. The zero-order valence-electron chi connectivity index (χ0n) is 14.7. The molecule has 0 bridgehead atoms. The van der Waals surface area contributed by atoms with Gasteiger partial charge in [-0.3, -0.25) is 9.59 Å². The fourth-order valence-corrected chi connectivity index (χ4v) is 2.60. The molecule has 5 nitrogen and oxygen atoms in total. The summed E-state index contributed by atoms with van der Waals surface area (Å²) in [5.74, 6) is -0.0642. The van der Waals surface area contributed by atoms with Crippen molar-refractivity contribution in [3.8, 4) is 5.75 Å². The summed E-state index contributed by atoms with van der Waals surface area (Å²) in [5.41, 5.74) is 3.03. The van der Waals surface area contributed by atoms with Crippen LogP contribution in [0.3, 0.4) is 0 Å². The molecule has 2 aromatic rings. The molecule has 0 heterocycles. The zero-order chi connectivity index (χ0) is 18.6. The van der Waals surface area contributed by atoms with E-state index in [-0.39, 0.29) is 18.4 Å². The van der Waals surface area contributed by atoms with E-state index in [4.69, 9.17) is 16.3 Å². The van der Waals surface area contributed by atoms with Gasteiger partial charge < -0.3 is 15.0 Å². The number of carbonyl (C=O) groups is 2. The van der Waals surface area contributed by atoms with E-state index in [0.717, 1.165) is 11.1 Å². The number of benzene rings is 2. The monoisotopic (exact) mass is 360 g/mol. The third-order valence-electron chi connectivity index (χ3n) is 3.75. The minimum Gasteiger partial charge on any atom is -0.495 e. The Balaban J connectivity index is 2.20. The molecule has 0 saturated heterocycles. The van der Waals surface area contributed by atoms with E-state index in [9.17, 15) is 9.59 Å². The maximum Gasteiger partial charge on any atom is 0.244 e. The SMILES string of the molecule is COc1cc(Cl)c(C)cc1NC(=O)CN(C(C)=O)c1cccc(C)c1. The van der Waals surface area contributed by atoms with Crippen molar-refractivity contribution < 1.29 is 14.3 Å². The Morgan fingerprint density at radius 3 is 2.52 bits per heavy atom. The maximum atomic E-state index is 12.5. The van der Waals surface area contributed by atoms with Gasteiger partial charge in [0.25, 0.3) is 0 Å². The number of nitrogens with zero attached hydrogens (tertiary/aromatic N) is 1. The molecule has 0 spiro atoms. The Hall–Kier alpha value is -2.53. The number of rotatable bonds is 5. The van der Waals surface area contributed by atoms with Crippen molar-refractivity contribution >= 4 is 34.8 Å². The van der Waals surface area contributed by atoms with Crippen LogP contribution in [-0.4, -0.2) is 25.5 Å². The van der Waals surface area contributed by atoms with Gasteiger partial charge in [-0.1, -0.05) is 23.7 Å². The van der Waals surface area contributed by atoms with Gasteiger partial charge in [-0.15, -0.1) is 0 Å². The molecular weight excluding hydrogens is 340 g/mol. The first kappa shape index (κ1) is 18.8. The van der Waals surface area contributed by atoms with Crippen LogP contribution in [0.15, 0.2) is 36.4 Å². The molecule has 1 N–H and O–H groups in total. The average molecular weight is 361 g/mol. The van der Waals surface area contributed by atoms with E-state index in [0.29, 0.717) is 22.1 Å². The van der Waals surface area contributed by atoms with E-state index in [1.165, 1.54) is 18.9 Å². The van der Waals surface area contributed by atoms with E-state index >= 15 is 0 Å². The lowest BCUT2D eigenvalue weighted by Gasteiger charge is -2.21. The molecule has 2 aromatic carbocycles. The summed E-state index contributed by atoms with van der Waals surface area (Å²) < 4.78 is 5.26. The van der Waals surface area contributed by atoms with Crippen molar-refractivity contribution in [1.82, 2.24) is 0 Å². The summed E-state index contributed by atoms with van der Waals surface area (Å²) in [6, 6.07) is 10.8. The van der Waals surface area contributed by atoms with Gasteiger partial charge in [-0.05, 0) is 43.2 Å². The number of nitrogens with one attached hydrogen (secondary N) is 1. The molecule has 6 heteroatoms. The van der Waals surface area contributed by atoms with Gasteiger partial charge in [-0.25, -0.2) is 0 Å². The number of hydrogen-bond donors (Lipinski definition) is 1. The Kier molecular flexibility index (Phi) is 6.04. The number of carbonyl (C=O) groups excluding carboxylic acids is 2. The van der Waals surface area contributed by atoms with Crippen molar-refractivity contribution in [2.24, 2.45) is 0 Å². The first-order chi connectivity index (χ1) is 11.8.